The van der Waals surface area contributed by atoms with Crippen LogP contribution in [0.1, 0.15) is 0 Å². The van der Waals surface area contributed by atoms with Crippen molar-refractivity contribution in [1.82, 2.24) is 15.0 Å². The van der Waals surface area contributed by atoms with Crippen LogP contribution in [-0.4, -0.2) is 48.3 Å². The van der Waals surface area contributed by atoms with Gasteiger partial charge in [-0.2, -0.15) is 4.98 Å². The summed E-state index contributed by atoms with van der Waals surface area (Å²) in [5, 5.41) is 4.04. The number of rotatable bonds is 2. The van der Waals surface area contributed by atoms with Gasteiger partial charge in [-0.25, -0.2) is 0 Å². The summed E-state index contributed by atoms with van der Waals surface area (Å²) in [5.41, 5.74) is 13.5. The van der Waals surface area contributed by atoms with Gasteiger partial charge in [-0.05, 0) is 30.4 Å². The van der Waals surface area contributed by atoms with Gasteiger partial charge in [-0.15, -0.1) is 0 Å². The predicted octanol–water partition coefficient (Wildman–Crippen LogP) is 0.653. The Hall–Kier alpha value is -2.28. The van der Waals surface area contributed by atoms with Crippen molar-refractivity contribution in [3.05, 3.63) is 18.2 Å². The zero-order valence-corrected chi connectivity index (χ0v) is 11.4. The summed E-state index contributed by atoms with van der Waals surface area (Å²) in [6.45, 7) is 3.79. The van der Waals surface area contributed by atoms with Crippen LogP contribution in [-0.2, 0) is 0 Å². The van der Waals surface area contributed by atoms with Crippen molar-refractivity contribution in [2.45, 2.75) is 0 Å². The van der Waals surface area contributed by atoms with Gasteiger partial charge in [0.1, 0.15) is 0 Å². The number of nitrogens with two attached hydrogens (primary N) is 2. The minimum absolute atomic E-state index is 0.443. The maximum Gasteiger partial charge on any atom is 0.266 e. The van der Waals surface area contributed by atoms with Crippen LogP contribution in [0.25, 0.3) is 11.5 Å². The predicted molar refractivity (Wildman–Crippen MR) is 78.3 cm³/mol. The molecule has 20 heavy (non-hydrogen) atoms. The summed E-state index contributed by atoms with van der Waals surface area (Å²) in [6.07, 6.45) is 0. The highest BCUT2D eigenvalue weighted by Gasteiger charge is 2.19. The number of nitrogens with zero attached hydrogens (tertiary/aromatic N) is 4. The molecule has 4 N–H and O–H groups in total. The van der Waals surface area contributed by atoms with Crippen molar-refractivity contribution in [1.29, 1.82) is 0 Å². The molecule has 3 rings (SSSR count). The average Bonchev–Trinajstić information content (AvgIpc) is 2.88. The molecule has 7 heteroatoms. The Kier molecular flexibility index (Phi) is 3.19. The molecule has 1 aromatic carbocycles. The van der Waals surface area contributed by atoms with Crippen LogP contribution in [0.15, 0.2) is 22.7 Å². The van der Waals surface area contributed by atoms with Gasteiger partial charge in [0, 0.05) is 43.1 Å². The molecular formula is C13H18N6O. The Balaban J connectivity index is 1.83. The van der Waals surface area contributed by atoms with Gasteiger partial charge in [0.15, 0.2) is 0 Å². The Labute approximate surface area is 117 Å². The van der Waals surface area contributed by atoms with Gasteiger partial charge < -0.3 is 25.8 Å². The average molecular weight is 274 g/mol. The molecule has 0 saturated carbocycles. The highest BCUT2D eigenvalue weighted by molar-refractivity contribution is 5.67. The van der Waals surface area contributed by atoms with E-state index >= 15 is 0 Å². The number of aromatic nitrogens is 2. The van der Waals surface area contributed by atoms with Crippen molar-refractivity contribution in [2.24, 2.45) is 0 Å². The number of hydrogen-bond donors (Lipinski definition) is 2. The van der Waals surface area contributed by atoms with Crippen LogP contribution < -0.4 is 16.4 Å². The SMILES string of the molecule is CN1CCN(c2noc(-c3cc(N)cc(N)c3)n2)CC1. The lowest BCUT2D eigenvalue weighted by Gasteiger charge is -2.31. The Bertz CT molecular complexity index is 582. The fourth-order valence-electron chi connectivity index (χ4n) is 2.27. The second-order valence-corrected chi connectivity index (χ2v) is 5.08. The number of benzene rings is 1. The van der Waals surface area contributed by atoms with Crippen LogP contribution in [0, 0.1) is 0 Å². The van der Waals surface area contributed by atoms with Crippen LogP contribution in [0.5, 0.6) is 0 Å². The number of nitrogen functional groups attached to an aromatic ring is 2. The fourth-order valence-corrected chi connectivity index (χ4v) is 2.27. The van der Waals surface area contributed by atoms with E-state index in [0.717, 1.165) is 31.7 Å². The second-order valence-electron chi connectivity index (χ2n) is 5.08. The quantitative estimate of drug-likeness (QED) is 0.776. The van der Waals surface area contributed by atoms with Gasteiger partial charge in [0.2, 0.25) is 0 Å². The number of likely N-dealkylation sites (N-methyl/N-ethyl adjacent to an activating group) is 1. The van der Waals surface area contributed by atoms with E-state index in [1.807, 2.05) is 0 Å². The lowest BCUT2D eigenvalue weighted by molar-refractivity contribution is 0.309. The summed E-state index contributed by atoms with van der Waals surface area (Å²) in [7, 11) is 2.11. The normalized spacial score (nSPS) is 16.6. The molecule has 1 aromatic heterocycles. The summed E-state index contributed by atoms with van der Waals surface area (Å²) < 4.78 is 5.31. The van der Waals surface area contributed by atoms with Crippen molar-refractivity contribution < 1.29 is 4.52 Å². The first-order valence-electron chi connectivity index (χ1n) is 6.55. The Morgan fingerprint density at radius 2 is 1.70 bits per heavy atom. The highest BCUT2D eigenvalue weighted by atomic mass is 16.5. The molecule has 0 atom stereocenters. The molecule has 2 heterocycles. The number of hydrogen-bond acceptors (Lipinski definition) is 7. The fraction of sp³-hybridized carbons (Fsp3) is 0.385. The Morgan fingerprint density at radius 1 is 1.05 bits per heavy atom. The third kappa shape index (κ3) is 2.53. The monoisotopic (exact) mass is 274 g/mol. The summed E-state index contributed by atoms with van der Waals surface area (Å²) >= 11 is 0. The number of piperazine rings is 1. The van der Waals surface area contributed by atoms with E-state index in [1.165, 1.54) is 0 Å². The molecule has 0 amide bonds. The smallest absolute Gasteiger partial charge is 0.266 e. The zero-order valence-electron chi connectivity index (χ0n) is 11.4. The van der Waals surface area contributed by atoms with Crippen LogP contribution >= 0.6 is 0 Å². The maximum absolute atomic E-state index is 5.78. The summed E-state index contributed by atoms with van der Waals surface area (Å²) in [5.74, 6) is 1.06. The molecule has 0 radical (unpaired) electrons. The van der Waals surface area contributed by atoms with E-state index in [1.54, 1.807) is 18.2 Å². The highest BCUT2D eigenvalue weighted by Crippen LogP contribution is 2.25. The molecule has 0 aliphatic carbocycles. The van der Waals surface area contributed by atoms with Crippen molar-refractivity contribution in [3.63, 3.8) is 0 Å². The van der Waals surface area contributed by atoms with E-state index in [2.05, 4.69) is 27.0 Å². The third-order valence-electron chi connectivity index (χ3n) is 3.43. The summed E-state index contributed by atoms with van der Waals surface area (Å²) in [6, 6.07) is 5.25. The van der Waals surface area contributed by atoms with E-state index in [9.17, 15) is 0 Å². The van der Waals surface area contributed by atoms with Crippen molar-refractivity contribution in [3.8, 4) is 11.5 Å². The van der Waals surface area contributed by atoms with Crippen LogP contribution in [0.3, 0.4) is 0 Å². The molecule has 1 aliphatic rings. The molecule has 1 saturated heterocycles. The molecule has 0 unspecified atom stereocenters. The minimum atomic E-state index is 0.443. The molecule has 2 aromatic rings. The van der Waals surface area contributed by atoms with E-state index < -0.39 is 0 Å². The standard InChI is InChI=1S/C13H18N6O/c1-18-2-4-19(5-3-18)13-16-12(20-17-13)9-6-10(14)8-11(15)7-9/h6-8H,2-5,14-15H2,1H3. The molecule has 0 spiro atoms. The molecule has 1 fully saturated rings. The Morgan fingerprint density at radius 3 is 2.35 bits per heavy atom. The zero-order chi connectivity index (χ0) is 14.1. The minimum Gasteiger partial charge on any atom is -0.399 e. The van der Waals surface area contributed by atoms with Gasteiger partial charge >= 0.3 is 0 Å². The van der Waals surface area contributed by atoms with Gasteiger partial charge in [0.25, 0.3) is 11.8 Å². The first kappa shape index (κ1) is 12.7. The van der Waals surface area contributed by atoms with Crippen LogP contribution in [0.2, 0.25) is 0 Å². The molecular weight excluding hydrogens is 256 g/mol. The lowest BCUT2D eigenvalue weighted by Crippen LogP contribution is -2.44. The largest absolute Gasteiger partial charge is 0.399 e. The van der Waals surface area contributed by atoms with Crippen molar-refractivity contribution in [2.75, 3.05) is 49.6 Å². The summed E-state index contributed by atoms with van der Waals surface area (Å²) in [4.78, 5) is 8.82. The van der Waals surface area contributed by atoms with Gasteiger partial charge in [-0.3, -0.25) is 0 Å². The topological polar surface area (TPSA) is 97.4 Å². The van der Waals surface area contributed by atoms with Gasteiger partial charge in [0.05, 0.1) is 0 Å². The maximum atomic E-state index is 5.78. The second kappa shape index (κ2) is 5.01. The molecule has 7 nitrogen and oxygen atoms in total. The molecule has 106 valence electrons. The van der Waals surface area contributed by atoms with E-state index in [4.69, 9.17) is 16.0 Å². The van der Waals surface area contributed by atoms with E-state index in [0.29, 0.717) is 23.2 Å². The van der Waals surface area contributed by atoms with Crippen LogP contribution in [0.4, 0.5) is 17.3 Å². The molecule has 0 bridgehead atoms. The first-order chi connectivity index (χ1) is 9.61. The number of anilines is 3. The van der Waals surface area contributed by atoms with Crippen molar-refractivity contribution >= 4 is 17.3 Å². The lowest BCUT2D eigenvalue weighted by atomic mass is 10.2. The van der Waals surface area contributed by atoms with Gasteiger partial charge in [-0.1, -0.05) is 0 Å². The molecule has 1 aliphatic heterocycles. The first-order valence-corrected chi connectivity index (χ1v) is 6.55. The van der Waals surface area contributed by atoms with E-state index in [-0.39, 0.29) is 0 Å². The third-order valence-corrected chi connectivity index (χ3v) is 3.43.